The van der Waals surface area contributed by atoms with Crippen molar-refractivity contribution >= 4 is 35.2 Å². The third-order valence-corrected chi connectivity index (χ3v) is 7.44. The van der Waals surface area contributed by atoms with Gasteiger partial charge in [0.1, 0.15) is 30.3 Å². The van der Waals surface area contributed by atoms with Crippen LogP contribution in [0.3, 0.4) is 0 Å². The van der Waals surface area contributed by atoms with Crippen molar-refractivity contribution in [3.63, 3.8) is 0 Å². The van der Waals surface area contributed by atoms with Gasteiger partial charge in [0.05, 0.1) is 11.5 Å². The van der Waals surface area contributed by atoms with Crippen molar-refractivity contribution < 1.29 is 27.9 Å². The van der Waals surface area contributed by atoms with Crippen molar-refractivity contribution in [3.05, 3.63) is 64.2 Å². The van der Waals surface area contributed by atoms with Crippen molar-refractivity contribution in [1.82, 2.24) is 10.2 Å². The number of hydrogen-bond acceptors (Lipinski definition) is 5. The van der Waals surface area contributed by atoms with Crippen LogP contribution < -0.4 is 10.6 Å². The Balaban J connectivity index is 1.32. The van der Waals surface area contributed by atoms with Crippen LogP contribution in [0.4, 0.5) is 19.3 Å². The monoisotopic (exact) mass is 528 g/mol. The average molecular weight is 529 g/mol. The zero-order valence-electron chi connectivity index (χ0n) is 19.6. The number of carbonyl (C=O) groups excluding carboxylic acids is 3. The second kappa shape index (κ2) is 9.63. The minimum absolute atomic E-state index is 0.0165. The maximum Gasteiger partial charge on any atom is 0.408 e. The van der Waals surface area contributed by atoms with Crippen LogP contribution >= 0.6 is 11.6 Å². The summed E-state index contributed by atoms with van der Waals surface area (Å²) in [4.78, 5) is 40.6. The highest BCUT2D eigenvalue weighted by Gasteiger charge is 2.56. The Labute approximate surface area is 216 Å². The Kier molecular flexibility index (Phi) is 6.50. The van der Waals surface area contributed by atoms with Gasteiger partial charge in [-0.1, -0.05) is 24.4 Å². The van der Waals surface area contributed by atoms with E-state index in [4.69, 9.17) is 16.3 Å². The Bertz CT molecular complexity index is 1330. The first kappa shape index (κ1) is 25.0. The van der Waals surface area contributed by atoms with Gasteiger partial charge in [-0.05, 0) is 48.2 Å². The minimum Gasteiger partial charge on any atom is -0.445 e. The number of hydrogen-bond donors (Lipinski definition) is 2. The van der Waals surface area contributed by atoms with Crippen molar-refractivity contribution in [2.45, 2.75) is 49.8 Å². The fourth-order valence-corrected chi connectivity index (χ4v) is 5.24. The molecule has 0 radical (unpaired) electrons. The molecule has 8 nitrogen and oxygen atoms in total. The van der Waals surface area contributed by atoms with E-state index in [1.165, 1.54) is 11.0 Å². The molecule has 1 spiro atoms. The molecular weight excluding hydrogens is 506 g/mol. The Hall–Kier alpha value is -3.71. The maximum absolute atomic E-state index is 13.9. The molecule has 1 aliphatic carbocycles. The molecule has 1 saturated carbocycles. The largest absolute Gasteiger partial charge is 0.445 e. The van der Waals surface area contributed by atoms with E-state index >= 15 is 0 Å². The van der Waals surface area contributed by atoms with Crippen LogP contribution in [0.5, 0.6) is 0 Å². The normalized spacial score (nSPS) is 22.8. The Morgan fingerprint density at radius 3 is 2.76 bits per heavy atom. The van der Waals surface area contributed by atoms with Crippen molar-refractivity contribution in [2.75, 3.05) is 11.9 Å². The number of alkyl carbamates (subject to hydrolysis) is 1. The molecule has 3 atom stereocenters. The second-order valence-corrected chi connectivity index (χ2v) is 10.2. The number of ether oxygens (including phenoxy) is 1. The van der Waals surface area contributed by atoms with Crippen molar-refractivity contribution in [2.24, 2.45) is 5.92 Å². The van der Waals surface area contributed by atoms with Crippen LogP contribution in [0, 0.1) is 28.9 Å². The highest BCUT2D eigenvalue weighted by Crippen LogP contribution is 2.47. The average Bonchev–Trinajstić information content (AvgIpc) is 3.53. The summed E-state index contributed by atoms with van der Waals surface area (Å²) >= 11 is 6.18. The summed E-state index contributed by atoms with van der Waals surface area (Å²) in [7, 11) is 0. The second-order valence-electron chi connectivity index (χ2n) is 9.73. The summed E-state index contributed by atoms with van der Waals surface area (Å²) in [5.41, 5.74) is 0.0796. The fraction of sp³-hybridized carbons (Fsp3) is 0.385. The number of nitrogens with one attached hydrogen (secondary N) is 2. The van der Waals surface area contributed by atoms with Gasteiger partial charge >= 0.3 is 6.09 Å². The number of anilines is 1. The summed E-state index contributed by atoms with van der Waals surface area (Å²) in [6, 6.07) is 8.15. The smallest absolute Gasteiger partial charge is 0.408 e. The van der Waals surface area contributed by atoms with E-state index in [2.05, 4.69) is 16.7 Å². The van der Waals surface area contributed by atoms with E-state index < -0.39 is 47.7 Å². The van der Waals surface area contributed by atoms with Crippen LogP contribution in [-0.2, 0) is 26.3 Å². The first-order valence-corrected chi connectivity index (χ1v) is 12.3. The number of nitrogens with zero attached hydrogens (tertiary/aromatic N) is 2. The maximum atomic E-state index is 13.9. The van der Waals surface area contributed by atoms with Gasteiger partial charge in [-0.2, -0.15) is 5.26 Å². The van der Waals surface area contributed by atoms with Crippen LogP contribution in [0.15, 0.2) is 36.4 Å². The number of likely N-dealkylation sites (tertiary alicyclic amines) is 1. The predicted octanol–water partition coefficient (Wildman–Crippen LogP) is 4.03. The quantitative estimate of drug-likeness (QED) is 0.588. The van der Waals surface area contributed by atoms with Gasteiger partial charge in [0.2, 0.25) is 11.8 Å². The lowest BCUT2D eigenvalue weighted by atomic mass is 9.80. The van der Waals surface area contributed by atoms with Gasteiger partial charge in [-0.3, -0.25) is 9.59 Å². The lowest BCUT2D eigenvalue weighted by molar-refractivity contribution is -0.134. The van der Waals surface area contributed by atoms with E-state index in [1.54, 1.807) is 18.2 Å². The predicted molar refractivity (Wildman–Crippen MR) is 128 cm³/mol. The van der Waals surface area contributed by atoms with Gasteiger partial charge in [-0.15, -0.1) is 0 Å². The number of nitriles is 1. The summed E-state index contributed by atoms with van der Waals surface area (Å²) in [6.07, 6.45) is 1.30. The molecule has 2 unspecified atom stereocenters. The van der Waals surface area contributed by atoms with E-state index in [0.29, 0.717) is 28.8 Å². The third kappa shape index (κ3) is 4.83. The molecule has 0 aromatic heterocycles. The van der Waals surface area contributed by atoms with Crippen LogP contribution in [-0.4, -0.2) is 41.4 Å². The van der Waals surface area contributed by atoms with E-state index in [9.17, 15) is 28.4 Å². The summed E-state index contributed by atoms with van der Waals surface area (Å²) < 4.78 is 32.1. The standard InChI is InChI=1S/C26H23ClF2N4O4/c27-16-4-6-21-19(8-16)26(24(35)31-21)10-18(11-30)33(13-26)23(34)22(7-14-1-2-14)32-25(36)37-12-15-3-5-17(28)9-20(15)29/h3-6,8-9,14,18,22H,1-2,7,10,12-13H2,(H,31,35)(H,32,36)/t18?,22?,26-/m0/s1. The lowest BCUT2D eigenvalue weighted by Crippen LogP contribution is -2.51. The van der Waals surface area contributed by atoms with Crippen molar-refractivity contribution in [1.29, 1.82) is 5.26 Å². The highest BCUT2D eigenvalue weighted by atomic mass is 35.5. The number of amides is 3. The van der Waals surface area contributed by atoms with Gasteiger partial charge in [0, 0.05) is 35.3 Å². The first-order chi connectivity index (χ1) is 17.7. The number of halogens is 3. The molecule has 37 heavy (non-hydrogen) atoms. The number of fused-ring (bicyclic) bond motifs is 2. The zero-order chi connectivity index (χ0) is 26.3. The summed E-state index contributed by atoms with van der Waals surface area (Å²) in [6.45, 7) is -0.491. The Morgan fingerprint density at radius 2 is 2.05 bits per heavy atom. The molecule has 0 bridgehead atoms. The molecule has 2 fully saturated rings. The molecule has 2 aromatic rings. The van der Waals surface area contributed by atoms with Crippen LogP contribution in [0.2, 0.25) is 5.02 Å². The van der Waals surface area contributed by atoms with Crippen molar-refractivity contribution in [3.8, 4) is 6.07 Å². The molecule has 11 heteroatoms. The molecule has 2 heterocycles. The number of rotatable bonds is 6. The molecule has 192 valence electrons. The summed E-state index contributed by atoms with van der Waals surface area (Å²) in [5.74, 6) is -2.18. The molecule has 2 aromatic carbocycles. The molecule has 3 aliphatic rings. The highest BCUT2D eigenvalue weighted by molar-refractivity contribution is 6.31. The van der Waals surface area contributed by atoms with Crippen LogP contribution in [0.1, 0.15) is 36.8 Å². The van der Waals surface area contributed by atoms with E-state index in [1.807, 2.05) is 0 Å². The molecule has 2 N–H and O–H groups in total. The van der Waals surface area contributed by atoms with Gasteiger partial charge < -0.3 is 20.3 Å². The zero-order valence-corrected chi connectivity index (χ0v) is 20.4. The Morgan fingerprint density at radius 1 is 1.27 bits per heavy atom. The summed E-state index contributed by atoms with van der Waals surface area (Å²) in [5, 5.41) is 15.7. The minimum atomic E-state index is -1.12. The molecule has 1 saturated heterocycles. The third-order valence-electron chi connectivity index (χ3n) is 7.20. The molecular formula is C26H23ClF2N4O4. The molecule has 3 amide bonds. The van der Waals surface area contributed by atoms with E-state index in [0.717, 1.165) is 18.9 Å². The van der Waals surface area contributed by atoms with Gasteiger partial charge in [-0.25, -0.2) is 13.6 Å². The topological polar surface area (TPSA) is 112 Å². The van der Waals surface area contributed by atoms with Crippen LogP contribution in [0.25, 0.3) is 0 Å². The fourth-order valence-electron chi connectivity index (χ4n) is 5.07. The molecule has 5 rings (SSSR count). The first-order valence-electron chi connectivity index (χ1n) is 11.9. The SMILES string of the molecule is N#CC1C[C@@]2(CN1C(=O)C(CC1CC1)NC(=O)OCc1ccc(F)cc1F)C(=O)Nc1ccc(Cl)cc12. The number of carbonyl (C=O) groups is 3. The lowest BCUT2D eigenvalue weighted by Gasteiger charge is -2.27. The van der Waals surface area contributed by atoms with Gasteiger partial charge in [0.25, 0.3) is 0 Å². The number of benzene rings is 2. The van der Waals surface area contributed by atoms with Gasteiger partial charge in [0.15, 0.2) is 0 Å². The van der Waals surface area contributed by atoms with E-state index in [-0.39, 0.29) is 30.4 Å². The molecule has 2 aliphatic heterocycles.